The van der Waals surface area contributed by atoms with Gasteiger partial charge in [0.1, 0.15) is 18.1 Å². The number of carbonyl (C=O) groups is 1. The van der Waals surface area contributed by atoms with Crippen LogP contribution in [0, 0.1) is 13.8 Å². The molecule has 2 rings (SSSR count). The fraction of sp³-hybridized carbons (Fsp3) is 0.412. The maximum Gasteiger partial charge on any atom is 0.337 e. The Hall–Kier alpha value is -2.30. The van der Waals surface area contributed by atoms with Gasteiger partial charge in [-0.25, -0.2) is 4.79 Å². The number of nitrogens with zero attached hydrogens (tertiary/aromatic N) is 1. The molecule has 0 fully saturated rings. The molecule has 0 N–H and O–H groups in total. The monoisotopic (exact) mass is 303 g/mol. The van der Waals surface area contributed by atoms with Gasteiger partial charge in [-0.2, -0.15) is 0 Å². The Labute approximate surface area is 130 Å². The molecule has 1 aromatic carbocycles. The van der Waals surface area contributed by atoms with Crippen LogP contribution in [0.3, 0.4) is 0 Å². The third kappa shape index (κ3) is 3.47. The van der Waals surface area contributed by atoms with Crippen LogP contribution in [-0.4, -0.2) is 18.2 Å². The number of aromatic nitrogens is 1. The molecule has 0 saturated heterocycles. The third-order valence-corrected chi connectivity index (χ3v) is 3.55. The van der Waals surface area contributed by atoms with Crippen molar-refractivity contribution < 1.29 is 18.8 Å². The second-order valence-corrected chi connectivity index (χ2v) is 5.16. The highest BCUT2D eigenvalue weighted by Gasteiger charge is 2.13. The lowest BCUT2D eigenvalue weighted by Gasteiger charge is -2.12. The molecule has 5 nitrogen and oxygen atoms in total. The van der Waals surface area contributed by atoms with E-state index in [1.807, 2.05) is 26.0 Å². The summed E-state index contributed by atoms with van der Waals surface area (Å²) >= 11 is 0. The van der Waals surface area contributed by atoms with Gasteiger partial charge in [0.15, 0.2) is 0 Å². The molecule has 0 spiro atoms. The molecule has 22 heavy (non-hydrogen) atoms. The van der Waals surface area contributed by atoms with Crippen molar-refractivity contribution in [2.24, 2.45) is 0 Å². The van der Waals surface area contributed by atoms with E-state index in [-0.39, 0.29) is 5.97 Å². The number of carbonyl (C=O) groups excluding carboxylic acids is 1. The molecule has 0 atom stereocenters. The van der Waals surface area contributed by atoms with Gasteiger partial charge in [0.2, 0.25) is 0 Å². The fourth-order valence-electron chi connectivity index (χ4n) is 2.29. The van der Waals surface area contributed by atoms with Gasteiger partial charge in [0.25, 0.3) is 0 Å². The Morgan fingerprint density at radius 1 is 1.32 bits per heavy atom. The highest BCUT2D eigenvalue weighted by atomic mass is 16.5. The largest absolute Gasteiger partial charge is 0.488 e. The smallest absolute Gasteiger partial charge is 0.337 e. The van der Waals surface area contributed by atoms with Crippen LogP contribution in [0.15, 0.2) is 22.7 Å². The SMILES string of the molecule is CCCc1cc(C(=O)OC)ccc1OCc1c(C)noc1C. The van der Waals surface area contributed by atoms with Crippen molar-refractivity contribution in [1.82, 2.24) is 5.16 Å². The maximum absolute atomic E-state index is 11.6. The van der Waals surface area contributed by atoms with Crippen molar-refractivity contribution in [2.75, 3.05) is 7.11 Å². The topological polar surface area (TPSA) is 61.6 Å². The first kappa shape index (κ1) is 16.1. The van der Waals surface area contributed by atoms with Gasteiger partial charge in [0, 0.05) is 0 Å². The number of aryl methyl sites for hydroxylation is 3. The van der Waals surface area contributed by atoms with Crippen molar-refractivity contribution >= 4 is 5.97 Å². The van der Waals surface area contributed by atoms with Crippen molar-refractivity contribution in [3.8, 4) is 5.75 Å². The standard InChI is InChI=1S/C17H21NO4/c1-5-6-13-9-14(17(19)20-4)7-8-16(13)21-10-15-11(2)18-22-12(15)3/h7-9H,5-6,10H2,1-4H3. The summed E-state index contributed by atoms with van der Waals surface area (Å²) in [4.78, 5) is 11.6. The van der Waals surface area contributed by atoms with Crippen LogP contribution in [0.4, 0.5) is 0 Å². The van der Waals surface area contributed by atoms with E-state index in [2.05, 4.69) is 12.1 Å². The summed E-state index contributed by atoms with van der Waals surface area (Å²) in [6.45, 7) is 6.24. The van der Waals surface area contributed by atoms with E-state index in [9.17, 15) is 4.79 Å². The summed E-state index contributed by atoms with van der Waals surface area (Å²) in [6, 6.07) is 5.36. The highest BCUT2D eigenvalue weighted by molar-refractivity contribution is 5.89. The first-order valence-corrected chi connectivity index (χ1v) is 7.32. The number of ether oxygens (including phenoxy) is 2. The molecule has 2 aromatic rings. The van der Waals surface area contributed by atoms with E-state index in [1.54, 1.807) is 6.07 Å². The Morgan fingerprint density at radius 2 is 2.09 bits per heavy atom. The minimum Gasteiger partial charge on any atom is -0.488 e. The molecule has 5 heteroatoms. The molecule has 1 aromatic heterocycles. The first-order chi connectivity index (χ1) is 10.6. The minimum atomic E-state index is -0.338. The fourth-order valence-corrected chi connectivity index (χ4v) is 2.29. The second-order valence-electron chi connectivity index (χ2n) is 5.16. The predicted molar refractivity (Wildman–Crippen MR) is 82.1 cm³/mol. The predicted octanol–water partition coefficient (Wildman–Crippen LogP) is 3.61. The number of rotatable bonds is 6. The van der Waals surface area contributed by atoms with E-state index >= 15 is 0 Å². The van der Waals surface area contributed by atoms with Gasteiger partial charge in [-0.15, -0.1) is 0 Å². The van der Waals surface area contributed by atoms with E-state index < -0.39 is 0 Å². The Kier molecular flexibility index (Phi) is 5.20. The molecular weight excluding hydrogens is 282 g/mol. The van der Waals surface area contributed by atoms with Gasteiger partial charge < -0.3 is 14.0 Å². The number of hydrogen-bond donors (Lipinski definition) is 0. The molecule has 0 bridgehead atoms. The Bertz CT molecular complexity index is 641. The zero-order chi connectivity index (χ0) is 16.1. The summed E-state index contributed by atoms with van der Waals surface area (Å²) in [6.07, 6.45) is 1.80. The molecule has 118 valence electrons. The van der Waals surface area contributed by atoms with Crippen molar-refractivity contribution in [3.05, 3.63) is 46.3 Å². The van der Waals surface area contributed by atoms with Gasteiger partial charge in [-0.3, -0.25) is 0 Å². The molecule has 0 aliphatic heterocycles. The highest BCUT2D eigenvalue weighted by Crippen LogP contribution is 2.24. The summed E-state index contributed by atoms with van der Waals surface area (Å²) in [5, 5.41) is 3.92. The number of benzene rings is 1. The quantitative estimate of drug-likeness (QED) is 0.763. The molecule has 0 saturated carbocycles. The molecule has 0 aliphatic rings. The van der Waals surface area contributed by atoms with E-state index in [1.165, 1.54) is 7.11 Å². The van der Waals surface area contributed by atoms with Crippen molar-refractivity contribution in [2.45, 2.75) is 40.2 Å². The maximum atomic E-state index is 11.6. The average molecular weight is 303 g/mol. The van der Waals surface area contributed by atoms with Crippen LogP contribution in [0.1, 0.15) is 46.3 Å². The lowest BCUT2D eigenvalue weighted by molar-refractivity contribution is 0.0600. The molecular formula is C17H21NO4. The van der Waals surface area contributed by atoms with Crippen LogP contribution < -0.4 is 4.74 Å². The molecule has 0 aliphatic carbocycles. The van der Waals surface area contributed by atoms with Crippen LogP contribution in [0.25, 0.3) is 0 Å². The van der Waals surface area contributed by atoms with Crippen LogP contribution in [0.5, 0.6) is 5.75 Å². The zero-order valence-electron chi connectivity index (χ0n) is 13.4. The lowest BCUT2D eigenvalue weighted by Crippen LogP contribution is -2.05. The Balaban J connectivity index is 2.21. The van der Waals surface area contributed by atoms with Crippen molar-refractivity contribution in [3.63, 3.8) is 0 Å². The number of methoxy groups -OCH3 is 1. The molecule has 0 radical (unpaired) electrons. The van der Waals surface area contributed by atoms with Gasteiger partial charge in [-0.1, -0.05) is 18.5 Å². The average Bonchev–Trinajstić information content (AvgIpc) is 2.84. The van der Waals surface area contributed by atoms with Crippen LogP contribution >= 0.6 is 0 Å². The number of esters is 1. The normalized spacial score (nSPS) is 10.5. The summed E-state index contributed by atoms with van der Waals surface area (Å²) in [5.74, 6) is 1.20. The van der Waals surface area contributed by atoms with E-state index in [4.69, 9.17) is 14.0 Å². The van der Waals surface area contributed by atoms with Gasteiger partial charge in [-0.05, 0) is 44.0 Å². The summed E-state index contributed by atoms with van der Waals surface area (Å²) < 4.78 is 15.8. The Morgan fingerprint density at radius 3 is 2.68 bits per heavy atom. The third-order valence-electron chi connectivity index (χ3n) is 3.55. The van der Waals surface area contributed by atoms with Crippen LogP contribution in [-0.2, 0) is 17.8 Å². The molecule has 0 amide bonds. The van der Waals surface area contributed by atoms with Gasteiger partial charge >= 0.3 is 5.97 Å². The van der Waals surface area contributed by atoms with E-state index in [0.717, 1.165) is 41.2 Å². The number of hydrogen-bond acceptors (Lipinski definition) is 5. The van der Waals surface area contributed by atoms with E-state index in [0.29, 0.717) is 12.2 Å². The van der Waals surface area contributed by atoms with Gasteiger partial charge in [0.05, 0.1) is 23.9 Å². The summed E-state index contributed by atoms with van der Waals surface area (Å²) in [5.41, 5.74) is 3.33. The zero-order valence-corrected chi connectivity index (χ0v) is 13.4. The lowest BCUT2D eigenvalue weighted by atomic mass is 10.1. The van der Waals surface area contributed by atoms with Crippen molar-refractivity contribution in [1.29, 1.82) is 0 Å². The molecule has 1 heterocycles. The second kappa shape index (κ2) is 7.11. The minimum absolute atomic E-state index is 0.338. The van der Waals surface area contributed by atoms with Crippen LogP contribution in [0.2, 0.25) is 0 Å². The molecule has 0 unspecified atom stereocenters. The first-order valence-electron chi connectivity index (χ1n) is 7.32. The summed E-state index contributed by atoms with van der Waals surface area (Å²) in [7, 11) is 1.38.